The molecule has 0 saturated carbocycles. The predicted molar refractivity (Wildman–Crippen MR) is 169 cm³/mol. The summed E-state index contributed by atoms with van der Waals surface area (Å²) in [6.07, 6.45) is 1.90. The van der Waals surface area contributed by atoms with Crippen LogP contribution >= 0.6 is 0 Å². The van der Waals surface area contributed by atoms with Crippen molar-refractivity contribution in [2.75, 3.05) is 21.3 Å². The average Bonchev–Trinajstić information content (AvgIpc) is 3.27. The lowest BCUT2D eigenvalue weighted by atomic mass is 9.90. The van der Waals surface area contributed by atoms with Gasteiger partial charge in [0.2, 0.25) is 8.07 Å². The van der Waals surface area contributed by atoms with Crippen molar-refractivity contribution in [3.63, 3.8) is 0 Å². The Hall–Kier alpha value is -3.94. The van der Waals surface area contributed by atoms with Gasteiger partial charge in [0, 0.05) is 16.7 Å². The summed E-state index contributed by atoms with van der Waals surface area (Å²) in [5, 5.41) is 2.58. The number of rotatable bonds is 6. The summed E-state index contributed by atoms with van der Waals surface area (Å²) in [7, 11) is 2.43. The zero-order valence-corrected chi connectivity index (χ0v) is 25.6. The van der Waals surface area contributed by atoms with E-state index in [9.17, 15) is 0 Å². The highest BCUT2D eigenvalue weighted by Crippen LogP contribution is 2.52. The molecule has 0 aromatic heterocycles. The molecular weight excluding hydrogens is 508 g/mol. The number of hydrogen-bond acceptors (Lipinski definition) is 3. The van der Waals surface area contributed by atoms with Crippen LogP contribution in [0.15, 0.2) is 78.9 Å². The van der Waals surface area contributed by atoms with Gasteiger partial charge in [-0.25, -0.2) is 0 Å². The lowest BCUT2D eigenvalue weighted by Crippen LogP contribution is -2.61. The normalized spacial score (nSPS) is 15.5. The fraction of sp³-hybridized carbons (Fsp3) is 0.278. The van der Waals surface area contributed by atoms with Crippen LogP contribution < -0.4 is 24.6 Å². The Kier molecular flexibility index (Phi) is 7.53. The third-order valence-corrected chi connectivity index (χ3v) is 13.3. The van der Waals surface area contributed by atoms with Gasteiger partial charge >= 0.3 is 0 Å². The molecule has 4 heteroatoms. The van der Waals surface area contributed by atoms with Crippen LogP contribution in [0.3, 0.4) is 0 Å². The minimum absolute atomic E-state index is 0.125. The maximum atomic E-state index is 6.26. The van der Waals surface area contributed by atoms with Gasteiger partial charge in [-0.1, -0.05) is 94.6 Å². The Labute approximate surface area is 240 Å². The van der Waals surface area contributed by atoms with Gasteiger partial charge in [-0.3, -0.25) is 0 Å². The summed E-state index contributed by atoms with van der Waals surface area (Å²) in [4.78, 5) is 0. The average molecular weight is 547 g/mol. The van der Waals surface area contributed by atoms with Crippen LogP contribution in [-0.2, 0) is 6.42 Å². The Morgan fingerprint density at radius 3 is 1.98 bits per heavy atom. The third-order valence-electron chi connectivity index (χ3n) is 8.06. The minimum Gasteiger partial charge on any atom is -0.497 e. The third kappa shape index (κ3) is 4.30. The predicted octanol–water partition coefficient (Wildman–Crippen LogP) is 7.27. The Morgan fingerprint density at radius 1 is 0.725 bits per heavy atom. The summed E-state index contributed by atoms with van der Waals surface area (Å²) in [6.45, 7) is 9.30. The van der Waals surface area contributed by atoms with E-state index in [1.165, 1.54) is 27.1 Å². The van der Waals surface area contributed by atoms with Crippen molar-refractivity contribution < 1.29 is 14.2 Å². The summed E-state index contributed by atoms with van der Waals surface area (Å²) in [5.41, 5.74) is 11.0. The smallest absolute Gasteiger partial charge is 0.206 e. The Balaban J connectivity index is 1.99. The topological polar surface area (TPSA) is 27.7 Å². The molecule has 4 aromatic carbocycles. The van der Waals surface area contributed by atoms with E-state index >= 15 is 0 Å². The van der Waals surface area contributed by atoms with Crippen molar-refractivity contribution in [2.45, 2.75) is 45.6 Å². The molecule has 0 fully saturated rings. The van der Waals surface area contributed by atoms with Crippen LogP contribution in [0.5, 0.6) is 17.2 Å². The van der Waals surface area contributed by atoms with Crippen LogP contribution in [0.4, 0.5) is 0 Å². The van der Waals surface area contributed by atoms with Crippen LogP contribution in [0.1, 0.15) is 45.2 Å². The monoisotopic (exact) mass is 546 g/mol. The highest BCUT2D eigenvalue weighted by atomic mass is 28.3. The molecule has 4 aromatic rings. The summed E-state index contributed by atoms with van der Waals surface area (Å²) < 4.78 is 17.8. The fourth-order valence-electron chi connectivity index (χ4n) is 6.30. The lowest BCUT2D eigenvalue weighted by Gasteiger charge is -2.39. The maximum absolute atomic E-state index is 6.26. The van der Waals surface area contributed by atoms with Crippen molar-refractivity contribution in [3.8, 4) is 51.0 Å². The molecule has 0 unspecified atom stereocenters. The van der Waals surface area contributed by atoms with E-state index in [1.54, 1.807) is 21.3 Å². The molecule has 0 aliphatic carbocycles. The molecule has 204 valence electrons. The highest BCUT2D eigenvalue weighted by molar-refractivity contribution is 7.13. The van der Waals surface area contributed by atoms with Gasteiger partial charge in [0.1, 0.15) is 5.75 Å². The van der Waals surface area contributed by atoms with E-state index in [0.717, 1.165) is 46.8 Å². The second kappa shape index (κ2) is 10.9. The van der Waals surface area contributed by atoms with Crippen molar-refractivity contribution in [2.24, 2.45) is 0 Å². The molecule has 5 rings (SSSR count). The van der Waals surface area contributed by atoms with E-state index in [2.05, 4.69) is 93.8 Å². The van der Waals surface area contributed by atoms with Gasteiger partial charge in [0.15, 0.2) is 11.5 Å². The molecule has 0 bridgehead atoms. The van der Waals surface area contributed by atoms with Crippen LogP contribution in [0.25, 0.3) is 22.3 Å². The maximum Gasteiger partial charge on any atom is 0.206 e. The van der Waals surface area contributed by atoms with E-state index < -0.39 is 8.07 Å². The number of hydrogen-bond donors (Lipinski definition) is 0. The Morgan fingerprint density at radius 2 is 1.38 bits per heavy atom. The SMILES string of the molecule is CCCc1c(OC)c(OC)c(-c2ccccc2)c2c1-c1ccccc1[Si@]2(C#Cc1ccc(OC)cc1)C(C)(C)C. The van der Waals surface area contributed by atoms with Gasteiger partial charge in [-0.15, -0.1) is 5.54 Å². The van der Waals surface area contributed by atoms with Crippen molar-refractivity contribution in [1.82, 2.24) is 0 Å². The molecule has 1 aliphatic heterocycles. The van der Waals surface area contributed by atoms with Crippen molar-refractivity contribution >= 4 is 18.4 Å². The van der Waals surface area contributed by atoms with Crippen LogP contribution in [0.2, 0.25) is 5.04 Å². The first-order valence-corrected chi connectivity index (χ1v) is 16.0. The molecule has 0 amide bonds. The van der Waals surface area contributed by atoms with E-state index in [-0.39, 0.29) is 5.04 Å². The zero-order chi connectivity index (χ0) is 28.5. The van der Waals surface area contributed by atoms with Crippen molar-refractivity contribution in [3.05, 3.63) is 90.0 Å². The summed E-state index contributed by atoms with van der Waals surface area (Å²) in [5.74, 6) is 6.11. The molecule has 1 heterocycles. The molecule has 0 saturated heterocycles. The van der Waals surface area contributed by atoms with Gasteiger partial charge in [-0.05, 0) is 62.8 Å². The molecule has 40 heavy (non-hydrogen) atoms. The first-order valence-electron chi connectivity index (χ1n) is 14.0. The van der Waals surface area contributed by atoms with Crippen LogP contribution in [0, 0.1) is 11.5 Å². The molecule has 0 spiro atoms. The molecule has 1 aliphatic rings. The van der Waals surface area contributed by atoms with Crippen LogP contribution in [-0.4, -0.2) is 29.4 Å². The quantitative estimate of drug-likeness (QED) is 0.188. The van der Waals surface area contributed by atoms with Gasteiger partial charge in [0.05, 0.1) is 21.3 Å². The zero-order valence-electron chi connectivity index (χ0n) is 24.6. The lowest BCUT2D eigenvalue weighted by molar-refractivity contribution is 0.353. The number of fused-ring (bicyclic) bond motifs is 3. The second-order valence-corrected chi connectivity index (χ2v) is 15.6. The largest absolute Gasteiger partial charge is 0.497 e. The molecular formula is C36H38O3Si. The number of ether oxygens (including phenoxy) is 3. The van der Waals surface area contributed by atoms with E-state index in [0.29, 0.717) is 0 Å². The minimum atomic E-state index is -2.78. The van der Waals surface area contributed by atoms with Crippen molar-refractivity contribution in [1.29, 1.82) is 0 Å². The van der Waals surface area contributed by atoms with E-state index in [4.69, 9.17) is 14.2 Å². The molecule has 0 N–H and O–H groups in total. The second-order valence-electron chi connectivity index (χ2n) is 11.3. The first kappa shape index (κ1) is 27.6. The molecule has 0 radical (unpaired) electrons. The summed E-state index contributed by atoms with van der Waals surface area (Å²) >= 11 is 0. The highest BCUT2D eigenvalue weighted by Gasteiger charge is 2.56. The van der Waals surface area contributed by atoms with Gasteiger partial charge in [0.25, 0.3) is 0 Å². The van der Waals surface area contributed by atoms with Gasteiger partial charge < -0.3 is 14.2 Å². The number of benzene rings is 4. The van der Waals surface area contributed by atoms with E-state index in [1.807, 2.05) is 24.3 Å². The summed E-state index contributed by atoms with van der Waals surface area (Å²) in [6, 6.07) is 27.6. The molecule has 1 atom stereocenters. The Bertz CT molecular complexity index is 1590. The number of methoxy groups -OCH3 is 3. The standard InChI is InChI=1S/C36H38O3Si/c1-8-14-29-32-28-17-12-13-18-30(28)40(36(2,3)4,24-23-25-19-21-27(37-5)22-20-25)35(32)31(26-15-10-9-11-16-26)34(39-7)33(29)38-6/h9-13,15-22H,8,14H2,1-7H3/t40-/m0/s1. The fourth-order valence-corrected chi connectivity index (χ4v) is 11.4. The van der Waals surface area contributed by atoms with Gasteiger partial charge in [-0.2, -0.15) is 0 Å². The molecule has 3 nitrogen and oxygen atoms in total. The first-order chi connectivity index (χ1) is 19.3.